The quantitative estimate of drug-likeness (QED) is 0.906. The van der Waals surface area contributed by atoms with Crippen molar-refractivity contribution in [3.8, 4) is 0 Å². The molecular formula is C11H15BrFN3. The van der Waals surface area contributed by atoms with Crippen LogP contribution in [0, 0.1) is 11.7 Å². The largest absolute Gasteiger partial charge is 0.351 e. The van der Waals surface area contributed by atoms with E-state index in [-0.39, 0.29) is 5.82 Å². The van der Waals surface area contributed by atoms with Crippen LogP contribution in [-0.2, 0) is 0 Å². The molecule has 0 spiro atoms. The van der Waals surface area contributed by atoms with Gasteiger partial charge in [-0.3, -0.25) is 0 Å². The minimum absolute atomic E-state index is 0.279. The maximum absolute atomic E-state index is 13.7. The molecule has 0 radical (unpaired) electrons. The van der Waals surface area contributed by atoms with Gasteiger partial charge in [-0.1, -0.05) is 0 Å². The van der Waals surface area contributed by atoms with Crippen LogP contribution in [0.15, 0.2) is 16.7 Å². The third-order valence-electron chi connectivity index (χ3n) is 3.06. The Morgan fingerprint density at radius 3 is 3.00 bits per heavy atom. The summed E-state index contributed by atoms with van der Waals surface area (Å²) in [5.74, 6) is 0.602. The highest BCUT2D eigenvalue weighted by atomic mass is 79.9. The van der Waals surface area contributed by atoms with E-state index >= 15 is 0 Å². The molecular weight excluding hydrogens is 273 g/mol. The van der Waals surface area contributed by atoms with Gasteiger partial charge in [0.2, 0.25) is 0 Å². The molecule has 0 amide bonds. The van der Waals surface area contributed by atoms with Crippen LogP contribution in [0.3, 0.4) is 0 Å². The van der Waals surface area contributed by atoms with Crippen molar-refractivity contribution in [3.63, 3.8) is 0 Å². The maximum atomic E-state index is 13.7. The average Bonchev–Trinajstić information content (AvgIpc) is 2.60. The zero-order valence-electron chi connectivity index (χ0n) is 9.16. The smallest absolute Gasteiger partial charge is 0.166 e. The minimum Gasteiger partial charge on any atom is -0.351 e. The molecule has 88 valence electrons. The minimum atomic E-state index is -0.279. The number of nitrogens with two attached hydrogens (primary N) is 1. The highest BCUT2D eigenvalue weighted by Gasteiger charge is 2.30. The van der Waals surface area contributed by atoms with Crippen LogP contribution in [0.25, 0.3) is 0 Å². The molecule has 0 saturated carbocycles. The summed E-state index contributed by atoms with van der Waals surface area (Å²) < 4.78 is 14.4. The van der Waals surface area contributed by atoms with Crippen molar-refractivity contribution in [3.05, 3.63) is 22.6 Å². The maximum Gasteiger partial charge on any atom is 0.166 e. The highest BCUT2D eigenvalue weighted by molar-refractivity contribution is 9.10. The molecule has 2 heterocycles. The predicted molar refractivity (Wildman–Crippen MR) is 65.9 cm³/mol. The molecule has 1 fully saturated rings. The van der Waals surface area contributed by atoms with Crippen molar-refractivity contribution in [1.82, 2.24) is 4.98 Å². The molecule has 2 N–H and O–H groups in total. The Morgan fingerprint density at radius 2 is 2.44 bits per heavy atom. The molecule has 0 aliphatic carbocycles. The second-order valence-electron chi connectivity index (χ2n) is 4.30. The third kappa shape index (κ3) is 2.20. The molecule has 3 nitrogen and oxygen atoms in total. The third-order valence-corrected chi connectivity index (χ3v) is 3.49. The van der Waals surface area contributed by atoms with Crippen molar-refractivity contribution >= 4 is 21.7 Å². The van der Waals surface area contributed by atoms with Crippen LogP contribution >= 0.6 is 15.9 Å². The number of rotatable bonds is 2. The molecule has 2 atom stereocenters. The summed E-state index contributed by atoms with van der Waals surface area (Å²) in [6.07, 6.45) is 2.63. The van der Waals surface area contributed by atoms with E-state index in [0.29, 0.717) is 28.8 Å². The van der Waals surface area contributed by atoms with E-state index in [1.165, 1.54) is 6.07 Å². The normalized spacial score (nSPS) is 25.1. The van der Waals surface area contributed by atoms with Crippen molar-refractivity contribution in [2.24, 2.45) is 11.7 Å². The second kappa shape index (κ2) is 4.67. The number of hydrogen-bond acceptors (Lipinski definition) is 3. The first-order valence-electron chi connectivity index (χ1n) is 5.39. The van der Waals surface area contributed by atoms with Gasteiger partial charge < -0.3 is 10.6 Å². The van der Waals surface area contributed by atoms with Crippen LogP contribution in [0.1, 0.15) is 13.3 Å². The number of nitrogens with zero attached hydrogens (tertiary/aromatic N) is 2. The lowest BCUT2D eigenvalue weighted by molar-refractivity contribution is 0.579. The van der Waals surface area contributed by atoms with Crippen LogP contribution in [0.2, 0.25) is 0 Å². The standard InChI is InChI=1S/C11H15BrFN3/c1-7-2-8(4-14)6-16(7)11-10(13)3-9(12)5-15-11/h3,5,7-8H,2,4,6,14H2,1H3. The molecule has 1 aliphatic rings. The van der Waals surface area contributed by atoms with Gasteiger partial charge in [0.1, 0.15) is 0 Å². The number of aromatic nitrogens is 1. The summed E-state index contributed by atoms with van der Waals surface area (Å²) in [7, 11) is 0. The Labute approximate surface area is 103 Å². The first-order chi connectivity index (χ1) is 7.61. The summed E-state index contributed by atoms with van der Waals surface area (Å²) in [4.78, 5) is 6.14. The molecule has 2 unspecified atom stereocenters. The van der Waals surface area contributed by atoms with Gasteiger partial charge in [-0.2, -0.15) is 0 Å². The fourth-order valence-electron chi connectivity index (χ4n) is 2.23. The summed E-state index contributed by atoms with van der Waals surface area (Å²) in [6, 6.07) is 1.75. The molecule has 0 bridgehead atoms. The first-order valence-corrected chi connectivity index (χ1v) is 6.19. The van der Waals surface area contributed by atoms with Crippen molar-refractivity contribution < 1.29 is 4.39 Å². The topological polar surface area (TPSA) is 42.1 Å². The van der Waals surface area contributed by atoms with Gasteiger partial charge in [0.25, 0.3) is 0 Å². The van der Waals surface area contributed by atoms with Gasteiger partial charge in [-0.25, -0.2) is 9.37 Å². The molecule has 0 aromatic carbocycles. The molecule has 1 aromatic heterocycles. The van der Waals surface area contributed by atoms with E-state index in [1.54, 1.807) is 6.20 Å². The number of halogens is 2. The first kappa shape index (κ1) is 11.8. The SMILES string of the molecule is CC1CC(CN)CN1c1ncc(Br)cc1F. The number of pyridine rings is 1. The fraction of sp³-hybridized carbons (Fsp3) is 0.545. The van der Waals surface area contributed by atoms with Gasteiger partial charge in [-0.05, 0) is 47.8 Å². The van der Waals surface area contributed by atoms with Crippen LogP contribution in [-0.4, -0.2) is 24.1 Å². The highest BCUT2D eigenvalue weighted by Crippen LogP contribution is 2.29. The van der Waals surface area contributed by atoms with Crippen molar-refractivity contribution in [1.29, 1.82) is 0 Å². The second-order valence-corrected chi connectivity index (χ2v) is 5.21. The molecule has 2 rings (SSSR count). The zero-order valence-corrected chi connectivity index (χ0v) is 10.7. The van der Waals surface area contributed by atoms with E-state index in [0.717, 1.165) is 13.0 Å². The fourth-order valence-corrected chi connectivity index (χ4v) is 2.53. The van der Waals surface area contributed by atoms with E-state index in [1.807, 2.05) is 4.90 Å². The zero-order chi connectivity index (χ0) is 11.7. The Balaban J connectivity index is 2.24. The van der Waals surface area contributed by atoms with Gasteiger partial charge in [0, 0.05) is 23.3 Å². The lowest BCUT2D eigenvalue weighted by atomic mass is 10.1. The van der Waals surface area contributed by atoms with E-state index in [9.17, 15) is 4.39 Å². The Bertz CT molecular complexity index is 385. The summed E-state index contributed by atoms with van der Waals surface area (Å²) in [5.41, 5.74) is 5.65. The Morgan fingerprint density at radius 1 is 1.69 bits per heavy atom. The molecule has 16 heavy (non-hydrogen) atoms. The van der Waals surface area contributed by atoms with Crippen LogP contribution in [0.4, 0.5) is 10.2 Å². The van der Waals surface area contributed by atoms with Crippen molar-refractivity contribution in [2.75, 3.05) is 18.0 Å². The Kier molecular flexibility index (Phi) is 3.44. The van der Waals surface area contributed by atoms with E-state index in [2.05, 4.69) is 27.8 Å². The lowest BCUT2D eigenvalue weighted by Gasteiger charge is -2.23. The molecule has 1 aliphatic heterocycles. The monoisotopic (exact) mass is 287 g/mol. The van der Waals surface area contributed by atoms with Gasteiger partial charge in [0.05, 0.1) is 0 Å². The van der Waals surface area contributed by atoms with E-state index in [4.69, 9.17) is 5.73 Å². The van der Waals surface area contributed by atoms with Gasteiger partial charge >= 0.3 is 0 Å². The lowest BCUT2D eigenvalue weighted by Crippen LogP contribution is -2.29. The summed E-state index contributed by atoms with van der Waals surface area (Å²) in [5, 5.41) is 0. The molecule has 1 aromatic rings. The summed E-state index contributed by atoms with van der Waals surface area (Å²) in [6.45, 7) is 3.53. The molecule has 5 heteroatoms. The predicted octanol–water partition coefficient (Wildman–Crippen LogP) is 2.16. The number of hydrogen-bond donors (Lipinski definition) is 1. The number of anilines is 1. The van der Waals surface area contributed by atoms with E-state index < -0.39 is 0 Å². The van der Waals surface area contributed by atoms with Gasteiger partial charge in [-0.15, -0.1) is 0 Å². The summed E-state index contributed by atoms with van der Waals surface area (Å²) >= 11 is 3.20. The van der Waals surface area contributed by atoms with Crippen molar-refractivity contribution in [2.45, 2.75) is 19.4 Å². The van der Waals surface area contributed by atoms with Crippen LogP contribution < -0.4 is 10.6 Å². The van der Waals surface area contributed by atoms with Crippen LogP contribution in [0.5, 0.6) is 0 Å². The molecule has 1 saturated heterocycles. The van der Waals surface area contributed by atoms with Gasteiger partial charge in [0.15, 0.2) is 11.6 Å². The Hall–Kier alpha value is -0.680. The average molecular weight is 288 g/mol.